The van der Waals surface area contributed by atoms with E-state index in [0.29, 0.717) is 0 Å². The maximum atomic E-state index is 11.0. The van der Waals surface area contributed by atoms with Crippen molar-refractivity contribution < 1.29 is 34.5 Å². The predicted molar refractivity (Wildman–Crippen MR) is 68.1 cm³/mol. The van der Waals surface area contributed by atoms with Gasteiger partial charge in [-0.15, -0.1) is 0 Å². The molecule has 0 fully saturated rings. The minimum Gasteiger partial charge on any atom is -0.481 e. The highest BCUT2D eigenvalue weighted by molar-refractivity contribution is 6.03. The topological polar surface area (TPSA) is 129 Å². The fourth-order valence-corrected chi connectivity index (χ4v) is 1.45. The molecule has 0 aromatic heterocycles. The van der Waals surface area contributed by atoms with Gasteiger partial charge in [-0.25, -0.2) is 9.59 Å². The number of carboxylic acids is 3. The Bertz CT molecular complexity index is 542. The molecule has 0 aliphatic heterocycles. The van der Waals surface area contributed by atoms with Crippen LogP contribution in [0.4, 0.5) is 0 Å². The Labute approximate surface area is 114 Å². The highest BCUT2D eigenvalue weighted by Gasteiger charge is 2.20. The first-order chi connectivity index (χ1) is 9.16. The summed E-state index contributed by atoms with van der Waals surface area (Å²) in [7, 11) is 0. The molecule has 0 unspecified atom stereocenters. The number of aromatic carboxylic acids is 2. The number of carbonyl (C=O) groups excluding carboxylic acids is 1. The minimum atomic E-state index is -1.34. The molecule has 0 heterocycles. The van der Waals surface area contributed by atoms with Gasteiger partial charge in [0.05, 0.1) is 11.1 Å². The van der Waals surface area contributed by atoms with Crippen molar-refractivity contribution in [2.24, 2.45) is 0 Å². The number of carboxylic acid groups (broad SMARTS) is 3. The number of hydrogen-bond donors (Lipinski definition) is 3. The van der Waals surface area contributed by atoms with Gasteiger partial charge >= 0.3 is 11.9 Å². The fraction of sp³-hybridized carbons (Fsp3) is 0.231. The Hall–Kier alpha value is -2.70. The molecule has 0 bridgehead atoms. The number of aliphatic carboxylic acids is 1. The first kappa shape index (κ1) is 17.3. The van der Waals surface area contributed by atoms with Gasteiger partial charge in [-0.2, -0.15) is 0 Å². The Kier molecular flexibility index (Phi) is 6.64. The number of hydrogen-bond acceptors (Lipinski definition) is 4. The van der Waals surface area contributed by atoms with Crippen molar-refractivity contribution in [2.45, 2.75) is 20.3 Å². The van der Waals surface area contributed by atoms with Crippen LogP contribution in [-0.4, -0.2) is 39.0 Å². The van der Waals surface area contributed by atoms with Gasteiger partial charge in [0, 0.05) is 13.3 Å². The molecule has 7 nitrogen and oxygen atoms in total. The quantitative estimate of drug-likeness (QED) is 0.759. The van der Waals surface area contributed by atoms with E-state index in [-0.39, 0.29) is 28.9 Å². The first-order valence-corrected chi connectivity index (χ1v) is 5.44. The summed E-state index contributed by atoms with van der Waals surface area (Å²) in [4.78, 5) is 41.7. The fourth-order valence-electron chi connectivity index (χ4n) is 1.45. The van der Waals surface area contributed by atoms with Gasteiger partial charge in [-0.05, 0) is 18.6 Å². The smallest absolute Gasteiger partial charge is 0.336 e. The highest BCUT2D eigenvalue weighted by Crippen LogP contribution is 2.16. The van der Waals surface area contributed by atoms with Gasteiger partial charge < -0.3 is 15.3 Å². The lowest BCUT2D eigenvalue weighted by atomic mass is 9.97. The van der Waals surface area contributed by atoms with Crippen LogP contribution in [0.25, 0.3) is 0 Å². The molecule has 108 valence electrons. The van der Waals surface area contributed by atoms with Crippen LogP contribution in [0.1, 0.15) is 40.1 Å². The summed E-state index contributed by atoms with van der Waals surface area (Å²) in [6.45, 7) is 2.40. The van der Waals surface area contributed by atoms with E-state index >= 15 is 0 Å². The third kappa shape index (κ3) is 5.76. The van der Waals surface area contributed by atoms with Crippen molar-refractivity contribution in [3.63, 3.8) is 0 Å². The molecule has 0 aliphatic carbocycles. The molecule has 0 aliphatic rings. The zero-order valence-electron chi connectivity index (χ0n) is 10.9. The molecule has 0 amide bonds. The van der Waals surface area contributed by atoms with E-state index in [4.69, 9.17) is 20.1 Å². The lowest BCUT2D eigenvalue weighted by Crippen LogP contribution is -2.13. The molecule has 20 heavy (non-hydrogen) atoms. The number of Topliss-reactive ketones (excluding diaryl/α,β-unsaturated/α-hetero) is 1. The van der Waals surface area contributed by atoms with Gasteiger partial charge in [0.15, 0.2) is 0 Å². The molecule has 0 atom stereocenters. The highest BCUT2D eigenvalue weighted by atomic mass is 16.4. The maximum Gasteiger partial charge on any atom is 0.336 e. The molecule has 1 rings (SSSR count). The van der Waals surface area contributed by atoms with Crippen molar-refractivity contribution >= 4 is 23.7 Å². The van der Waals surface area contributed by atoms with Crippen LogP contribution in [0.15, 0.2) is 18.2 Å². The van der Waals surface area contributed by atoms with Crippen LogP contribution >= 0.6 is 0 Å². The second-order valence-corrected chi connectivity index (χ2v) is 3.85. The molecule has 0 spiro atoms. The second kappa shape index (κ2) is 7.67. The van der Waals surface area contributed by atoms with Crippen molar-refractivity contribution in [3.8, 4) is 0 Å². The van der Waals surface area contributed by atoms with Crippen LogP contribution in [0.5, 0.6) is 0 Å². The SMILES string of the molecule is CC(=O)Cc1cccc(C(=O)O)c1C(=O)O.CC(=O)O. The molecule has 0 saturated carbocycles. The normalized spacial score (nSPS) is 9.10. The third-order valence-electron chi connectivity index (χ3n) is 2.03. The molecular weight excluding hydrogens is 268 g/mol. The van der Waals surface area contributed by atoms with Gasteiger partial charge in [-0.1, -0.05) is 12.1 Å². The monoisotopic (exact) mass is 282 g/mol. The zero-order chi connectivity index (χ0) is 15.9. The minimum absolute atomic E-state index is 0.0806. The Balaban J connectivity index is 0.000000796. The van der Waals surface area contributed by atoms with Crippen molar-refractivity contribution in [1.82, 2.24) is 0 Å². The Morgan fingerprint density at radius 3 is 1.80 bits per heavy atom. The van der Waals surface area contributed by atoms with Crippen molar-refractivity contribution in [2.75, 3.05) is 0 Å². The zero-order valence-corrected chi connectivity index (χ0v) is 10.9. The average molecular weight is 282 g/mol. The number of ketones is 1. The van der Waals surface area contributed by atoms with Crippen molar-refractivity contribution in [3.05, 3.63) is 34.9 Å². The number of benzene rings is 1. The largest absolute Gasteiger partial charge is 0.481 e. The number of rotatable bonds is 4. The first-order valence-electron chi connectivity index (χ1n) is 5.44. The third-order valence-corrected chi connectivity index (χ3v) is 2.03. The molecule has 7 heteroatoms. The van der Waals surface area contributed by atoms with E-state index in [1.165, 1.54) is 25.1 Å². The van der Waals surface area contributed by atoms with Gasteiger partial charge in [0.1, 0.15) is 5.78 Å². The molecule has 0 saturated heterocycles. The molecule has 1 aromatic carbocycles. The predicted octanol–water partition coefficient (Wildman–Crippen LogP) is 1.31. The van der Waals surface area contributed by atoms with Gasteiger partial charge in [0.2, 0.25) is 0 Å². The second-order valence-electron chi connectivity index (χ2n) is 3.85. The summed E-state index contributed by atoms with van der Waals surface area (Å²) < 4.78 is 0. The van der Waals surface area contributed by atoms with Gasteiger partial charge in [0.25, 0.3) is 5.97 Å². The van der Waals surface area contributed by atoms with E-state index in [9.17, 15) is 14.4 Å². The van der Waals surface area contributed by atoms with Gasteiger partial charge in [-0.3, -0.25) is 9.59 Å². The molecular formula is C13H14O7. The Morgan fingerprint density at radius 1 is 0.950 bits per heavy atom. The Morgan fingerprint density at radius 2 is 1.45 bits per heavy atom. The van der Waals surface area contributed by atoms with E-state index in [1.54, 1.807) is 0 Å². The summed E-state index contributed by atoms with van der Waals surface area (Å²) >= 11 is 0. The van der Waals surface area contributed by atoms with Crippen LogP contribution in [0, 0.1) is 0 Å². The van der Waals surface area contributed by atoms with E-state index < -0.39 is 17.9 Å². The van der Waals surface area contributed by atoms with E-state index in [0.717, 1.165) is 6.92 Å². The number of carbonyl (C=O) groups is 4. The lowest BCUT2D eigenvalue weighted by molar-refractivity contribution is -0.134. The standard InChI is InChI=1S/C11H10O5.C2H4O2/c1-6(12)5-7-3-2-4-8(10(13)14)9(7)11(15)16;1-2(3)4/h2-4H,5H2,1H3,(H,13,14)(H,15,16);1H3,(H,3,4). The summed E-state index contributed by atoms with van der Waals surface area (Å²) in [5, 5.41) is 25.2. The van der Waals surface area contributed by atoms with Crippen LogP contribution in [0.2, 0.25) is 0 Å². The van der Waals surface area contributed by atoms with E-state index in [2.05, 4.69) is 0 Å². The molecule has 0 radical (unpaired) electrons. The lowest BCUT2D eigenvalue weighted by Gasteiger charge is -2.07. The summed E-state index contributed by atoms with van der Waals surface area (Å²) in [6, 6.07) is 4.07. The van der Waals surface area contributed by atoms with Crippen LogP contribution in [-0.2, 0) is 16.0 Å². The molecule has 1 aromatic rings. The summed E-state index contributed by atoms with van der Waals surface area (Å²) in [5.74, 6) is -3.71. The van der Waals surface area contributed by atoms with Crippen LogP contribution < -0.4 is 0 Å². The van der Waals surface area contributed by atoms with E-state index in [1.807, 2.05) is 0 Å². The molecule has 3 N–H and O–H groups in total. The summed E-state index contributed by atoms with van der Waals surface area (Å²) in [5.41, 5.74) is -0.392. The maximum absolute atomic E-state index is 11.0. The van der Waals surface area contributed by atoms with Crippen LogP contribution in [0.3, 0.4) is 0 Å². The van der Waals surface area contributed by atoms with Crippen molar-refractivity contribution in [1.29, 1.82) is 0 Å². The average Bonchev–Trinajstić information content (AvgIpc) is 2.26. The summed E-state index contributed by atoms with van der Waals surface area (Å²) in [6.07, 6.45) is -0.0806.